The summed E-state index contributed by atoms with van der Waals surface area (Å²) in [6.07, 6.45) is -3.63. The second kappa shape index (κ2) is 10.1. The summed E-state index contributed by atoms with van der Waals surface area (Å²) < 4.78 is 0. The van der Waals surface area contributed by atoms with E-state index in [1.807, 2.05) is 53.7 Å². The van der Waals surface area contributed by atoms with Crippen molar-refractivity contribution in [3.8, 4) is 0 Å². The molecule has 4 rings (SSSR count). The van der Waals surface area contributed by atoms with Gasteiger partial charge >= 0.3 is 0 Å². The molecule has 11 nitrogen and oxygen atoms in total. The van der Waals surface area contributed by atoms with Gasteiger partial charge in [0.2, 0.25) is 5.78 Å². The van der Waals surface area contributed by atoms with E-state index in [4.69, 9.17) is 23.2 Å². The van der Waals surface area contributed by atoms with Gasteiger partial charge in [-0.2, -0.15) is 0 Å². The molecule has 2 aromatic rings. The van der Waals surface area contributed by atoms with Gasteiger partial charge in [-0.1, -0.05) is 64.7 Å². The van der Waals surface area contributed by atoms with E-state index in [1.165, 1.54) is 0 Å². The SMILES string of the molecule is CN1C(O)CN(c2cc(C(C)(C)C)c(Cl)nn2)C1C(=O)C1N(c2cc(C(C)(C)C)c(Cl)nn2)CC(O)N1C. The van der Waals surface area contributed by atoms with Crippen molar-refractivity contribution >= 4 is 40.6 Å². The van der Waals surface area contributed by atoms with Gasteiger partial charge in [0.15, 0.2) is 21.9 Å². The zero-order chi connectivity index (χ0) is 28.3. The molecule has 0 bridgehead atoms. The predicted molar refractivity (Wildman–Crippen MR) is 146 cm³/mol. The van der Waals surface area contributed by atoms with Crippen molar-refractivity contribution in [2.24, 2.45) is 0 Å². The summed E-state index contributed by atoms with van der Waals surface area (Å²) in [6, 6.07) is 3.62. The summed E-state index contributed by atoms with van der Waals surface area (Å²) in [4.78, 5) is 20.9. The van der Waals surface area contributed by atoms with Crippen LogP contribution >= 0.6 is 23.2 Å². The first kappa shape index (κ1) is 28.8. The van der Waals surface area contributed by atoms with Crippen molar-refractivity contribution in [3.05, 3.63) is 33.6 Å². The molecular formula is C25H36Cl2N8O3. The predicted octanol–water partition coefficient (Wildman–Crippen LogP) is 2.23. The number of aliphatic hydroxyl groups is 2. The number of likely N-dealkylation sites (N-methyl/N-ethyl adjacent to an activating group) is 2. The molecule has 0 aromatic carbocycles. The van der Waals surface area contributed by atoms with Crippen molar-refractivity contribution in [2.75, 3.05) is 37.0 Å². The second-order valence-corrected chi connectivity index (χ2v) is 12.8. The topological polar surface area (TPSA) is 122 Å². The summed E-state index contributed by atoms with van der Waals surface area (Å²) in [5, 5.41) is 38.9. The Morgan fingerprint density at radius 1 is 0.763 bits per heavy atom. The molecule has 0 aliphatic carbocycles. The lowest BCUT2D eigenvalue weighted by atomic mass is 9.88. The number of hydrogen-bond acceptors (Lipinski definition) is 11. The monoisotopic (exact) mass is 566 g/mol. The lowest BCUT2D eigenvalue weighted by Crippen LogP contribution is -2.56. The third kappa shape index (κ3) is 5.20. The lowest BCUT2D eigenvalue weighted by Gasteiger charge is -2.35. The van der Waals surface area contributed by atoms with E-state index in [2.05, 4.69) is 20.4 Å². The highest BCUT2D eigenvalue weighted by molar-refractivity contribution is 6.30. The largest absolute Gasteiger partial charge is 0.376 e. The molecule has 38 heavy (non-hydrogen) atoms. The van der Waals surface area contributed by atoms with Gasteiger partial charge in [0.25, 0.3) is 0 Å². The Balaban J connectivity index is 1.75. The van der Waals surface area contributed by atoms with Crippen LogP contribution in [0.5, 0.6) is 0 Å². The number of anilines is 2. The Hall–Kier alpha value is -2.15. The maximum atomic E-state index is 14.3. The molecule has 208 valence electrons. The molecule has 2 N–H and O–H groups in total. The van der Waals surface area contributed by atoms with E-state index in [9.17, 15) is 15.0 Å². The highest BCUT2D eigenvalue weighted by Crippen LogP contribution is 2.36. The van der Waals surface area contributed by atoms with Crippen LogP contribution < -0.4 is 9.80 Å². The van der Waals surface area contributed by atoms with E-state index >= 15 is 0 Å². The number of carbonyl (C=O) groups is 1. The average Bonchev–Trinajstić information content (AvgIpc) is 3.27. The zero-order valence-electron chi connectivity index (χ0n) is 23.0. The Labute approximate surface area is 233 Å². The molecule has 2 aliphatic rings. The standard InChI is InChI=1S/C25H36Cl2N8O3/c1-24(2,3)13-9-15(28-30-20(13)26)34-11-17(36)32(7)22(34)19(38)23-33(8)18(37)12-35(23)16-10-14(25(4,5)6)21(27)31-29-16/h9-10,17-18,22-23,36-37H,11-12H2,1-8H3. The molecular weight excluding hydrogens is 531 g/mol. The van der Waals surface area contributed by atoms with Crippen LogP contribution in [0.4, 0.5) is 11.6 Å². The van der Waals surface area contributed by atoms with Crippen LogP contribution in [0.2, 0.25) is 10.3 Å². The minimum absolute atomic E-state index is 0.140. The van der Waals surface area contributed by atoms with Crippen LogP contribution in [0.25, 0.3) is 0 Å². The molecule has 0 amide bonds. The van der Waals surface area contributed by atoms with E-state index in [-0.39, 0.29) is 40.0 Å². The van der Waals surface area contributed by atoms with Gasteiger partial charge in [0.05, 0.1) is 13.1 Å². The molecule has 2 aromatic heterocycles. The van der Waals surface area contributed by atoms with Gasteiger partial charge in [0, 0.05) is 11.1 Å². The molecule has 0 spiro atoms. The number of ketones is 1. The summed E-state index contributed by atoms with van der Waals surface area (Å²) in [6.45, 7) is 12.4. The minimum atomic E-state index is -0.924. The van der Waals surface area contributed by atoms with Crippen LogP contribution in [-0.2, 0) is 15.6 Å². The number of hydrogen-bond donors (Lipinski definition) is 2. The number of nitrogens with zero attached hydrogens (tertiary/aromatic N) is 8. The average molecular weight is 568 g/mol. The third-order valence-electron chi connectivity index (χ3n) is 7.21. The summed E-state index contributed by atoms with van der Waals surface area (Å²) in [5.41, 5.74) is 0.938. The van der Waals surface area contributed by atoms with Crippen LogP contribution in [0.3, 0.4) is 0 Å². The van der Waals surface area contributed by atoms with Gasteiger partial charge in [0.1, 0.15) is 24.8 Å². The van der Waals surface area contributed by atoms with Crippen molar-refractivity contribution < 1.29 is 15.0 Å². The summed E-state index contributed by atoms with van der Waals surface area (Å²) in [7, 11) is 3.35. The lowest BCUT2D eigenvalue weighted by molar-refractivity contribution is -0.130. The number of aromatic nitrogens is 4. The molecule has 4 heterocycles. The van der Waals surface area contributed by atoms with Gasteiger partial charge in [-0.25, -0.2) is 0 Å². The number of rotatable bonds is 4. The van der Waals surface area contributed by atoms with E-state index in [0.717, 1.165) is 11.1 Å². The first-order valence-electron chi connectivity index (χ1n) is 12.5. The van der Waals surface area contributed by atoms with Crippen molar-refractivity contribution in [3.63, 3.8) is 0 Å². The molecule has 2 aliphatic heterocycles. The third-order valence-corrected chi connectivity index (χ3v) is 7.77. The highest BCUT2D eigenvalue weighted by atomic mass is 35.5. The number of aliphatic hydroxyl groups excluding tert-OH is 2. The van der Waals surface area contributed by atoms with Gasteiger partial charge in [-0.15, -0.1) is 20.4 Å². The van der Waals surface area contributed by atoms with E-state index in [0.29, 0.717) is 11.6 Å². The maximum absolute atomic E-state index is 14.3. The first-order valence-corrected chi connectivity index (χ1v) is 13.2. The molecule has 4 unspecified atom stereocenters. The van der Waals surface area contributed by atoms with Crippen molar-refractivity contribution in [1.29, 1.82) is 0 Å². The second-order valence-electron chi connectivity index (χ2n) is 12.1. The van der Waals surface area contributed by atoms with Crippen LogP contribution in [0.1, 0.15) is 52.7 Å². The fourth-order valence-corrected chi connectivity index (χ4v) is 5.67. The molecule has 2 saturated heterocycles. The summed E-state index contributed by atoms with van der Waals surface area (Å²) in [5.74, 6) is 0.580. The van der Waals surface area contributed by atoms with E-state index in [1.54, 1.807) is 33.7 Å². The summed E-state index contributed by atoms with van der Waals surface area (Å²) >= 11 is 12.7. The molecule has 13 heteroatoms. The Kier molecular flexibility index (Phi) is 7.67. The Bertz CT molecular complexity index is 1130. The highest BCUT2D eigenvalue weighted by Gasteiger charge is 2.50. The molecule has 2 fully saturated rings. The maximum Gasteiger partial charge on any atom is 0.207 e. The minimum Gasteiger partial charge on any atom is -0.376 e. The van der Waals surface area contributed by atoms with Crippen molar-refractivity contribution in [1.82, 2.24) is 30.2 Å². The molecule has 0 radical (unpaired) electrons. The van der Waals surface area contributed by atoms with Gasteiger partial charge < -0.3 is 20.0 Å². The fourth-order valence-electron chi connectivity index (χ4n) is 4.92. The van der Waals surface area contributed by atoms with Gasteiger partial charge in [-0.3, -0.25) is 14.6 Å². The first-order chi connectivity index (χ1) is 17.5. The quantitative estimate of drug-likeness (QED) is 0.566. The van der Waals surface area contributed by atoms with Crippen molar-refractivity contribution in [2.45, 2.75) is 77.2 Å². The van der Waals surface area contributed by atoms with Crippen LogP contribution in [0, 0.1) is 0 Å². The van der Waals surface area contributed by atoms with Crippen LogP contribution in [0.15, 0.2) is 12.1 Å². The Morgan fingerprint density at radius 2 is 1.11 bits per heavy atom. The van der Waals surface area contributed by atoms with Gasteiger partial charge in [-0.05, 0) is 37.1 Å². The number of halogens is 2. The zero-order valence-corrected chi connectivity index (χ0v) is 24.5. The number of carbonyl (C=O) groups excluding carboxylic acids is 1. The van der Waals surface area contributed by atoms with E-state index < -0.39 is 24.8 Å². The van der Waals surface area contributed by atoms with Crippen LogP contribution in [-0.4, -0.2) is 98.2 Å². The molecule has 4 atom stereocenters. The Morgan fingerprint density at radius 3 is 1.42 bits per heavy atom. The smallest absolute Gasteiger partial charge is 0.207 e. The fraction of sp³-hybridized carbons (Fsp3) is 0.640. The molecule has 0 saturated carbocycles. The normalized spacial score (nSPS) is 25.5. The number of β-amino-alcohol motifs (C(OH)–C–C–N with tert-alkyl or cyclic N) is 2. The number of Topliss-reactive ketones (excluding diaryl/α,β-unsaturated/α-hetero) is 1.